The lowest BCUT2D eigenvalue weighted by atomic mass is 10.0. The highest BCUT2D eigenvalue weighted by atomic mass is 16.2. The summed E-state index contributed by atoms with van der Waals surface area (Å²) in [7, 11) is 0. The molecule has 5 nitrogen and oxygen atoms in total. The number of nitrogens with zero attached hydrogens (tertiary/aromatic N) is 4. The van der Waals surface area contributed by atoms with E-state index in [1.807, 2.05) is 4.90 Å². The Kier molecular flexibility index (Phi) is 4.19. The van der Waals surface area contributed by atoms with E-state index in [-0.39, 0.29) is 0 Å². The summed E-state index contributed by atoms with van der Waals surface area (Å²) >= 11 is 0. The van der Waals surface area contributed by atoms with Crippen molar-refractivity contribution in [2.45, 2.75) is 50.9 Å². The number of piperazine rings is 1. The first kappa shape index (κ1) is 14.9. The van der Waals surface area contributed by atoms with E-state index in [4.69, 9.17) is 0 Å². The van der Waals surface area contributed by atoms with Crippen LogP contribution in [0.5, 0.6) is 0 Å². The van der Waals surface area contributed by atoms with Crippen molar-refractivity contribution in [3.05, 3.63) is 17.8 Å². The third kappa shape index (κ3) is 3.48. The van der Waals surface area contributed by atoms with Gasteiger partial charge in [-0.25, -0.2) is 0 Å². The molecule has 3 fully saturated rings. The summed E-state index contributed by atoms with van der Waals surface area (Å²) in [6.45, 7) is 3.37. The first-order valence-corrected chi connectivity index (χ1v) is 9.16. The largest absolute Gasteiger partial charge is 0.352 e. The molecule has 23 heavy (non-hydrogen) atoms. The van der Waals surface area contributed by atoms with Gasteiger partial charge in [0.05, 0.1) is 5.69 Å². The highest BCUT2D eigenvalue weighted by Crippen LogP contribution is 2.38. The smallest absolute Gasteiger partial charge is 0.222 e. The van der Waals surface area contributed by atoms with Gasteiger partial charge in [-0.15, -0.1) is 5.10 Å². The molecule has 124 valence electrons. The van der Waals surface area contributed by atoms with Gasteiger partial charge in [0.25, 0.3) is 0 Å². The second-order valence-corrected chi connectivity index (χ2v) is 7.31. The summed E-state index contributed by atoms with van der Waals surface area (Å²) in [5.74, 6) is 2.60. The second-order valence-electron chi connectivity index (χ2n) is 7.31. The molecule has 1 amide bonds. The van der Waals surface area contributed by atoms with Crippen molar-refractivity contribution in [3.8, 4) is 0 Å². The average molecular weight is 314 g/mol. The molecular formula is C18H26N4O. The standard InChI is InChI=1S/C18H26N4O/c23-18(13-14-3-1-2-4-14)22-11-9-21(10-12-22)17-8-7-16(19-20-17)15-5-6-15/h7-8,14-15H,1-6,9-13H2. The number of carbonyl (C=O) groups excluding carboxylic acids is 1. The van der Waals surface area contributed by atoms with Crippen molar-refractivity contribution < 1.29 is 4.79 Å². The molecule has 2 aliphatic carbocycles. The Bertz CT molecular complexity index is 541. The first-order chi connectivity index (χ1) is 11.3. The number of aromatic nitrogens is 2. The molecule has 4 rings (SSSR count). The first-order valence-electron chi connectivity index (χ1n) is 9.16. The molecule has 1 saturated heterocycles. The van der Waals surface area contributed by atoms with Crippen molar-refractivity contribution >= 4 is 11.7 Å². The van der Waals surface area contributed by atoms with Gasteiger partial charge in [-0.1, -0.05) is 12.8 Å². The molecule has 1 aromatic heterocycles. The Labute approximate surface area is 138 Å². The van der Waals surface area contributed by atoms with E-state index in [9.17, 15) is 4.79 Å². The molecule has 0 bridgehead atoms. The summed E-state index contributed by atoms with van der Waals surface area (Å²) in [5, 5.41) is 8.76. The zero-order valence-electron chi connectivity index (χ0n) is 13.8. The van der Waals surface area contributed by atoms with E-state index >= 15 is 0 Å². The molecular weight excluding hydrogens is 288 g/mol. The molecule has 0 radical (unpaired) electrons. The molecule has 5 heteroatoms. The molecule has 0 N–H and O–H groups in total. The van der Waals surface area contributed by atoms with Gasteiger partial charge in [-0.2, -0.15) is 5.10 Å². The highest BCUT2D eigenvalue weighted by Gasteiger charge is 2.27. The Balaban J connectivity index is 1.28. The zero-order valence-corrected chi connectivity index (χ0v) is 13.8. The van der Waals surface area contributed by atoms with E-state index in [0.717, 1.165) is 44.1 Å². The predicted octanol–water partition coefficient (Wildman–Crippen LogP) is 2.58. The van der Waals surface area contributed by atoms with Crippen LogP contribution < -0.4 is 4.90 Å². The Morgan fingerprint density at radius 3 is 2.35 bits per heavy atom. The minimum atomic E-state index is 0.353. The maximum atomic E-state index is 12.4. The van der Waals surface area contributed by atoms with Crippen LogP contribution in [-0.2, 0) is 4.79 Å². The van der Waals surface area contributed by atoms with Crippen LogP contribution in [0.3, 0.4) is 0 Å². The van der Waals surface area contributed by atoms with Crippen LogP contribution in [0.1, 0.15) is 56.6 Å². The van der Waals surface area contributed by atoms with Gasteiger partial charge < -0.3 is 9.80 Å². The van der Waals surface area contributed by atoms with Gasteiger partial charge in [-0.05, 0) is 43.7 Å². The lowest BCUT2D eigenvalue weighted by Crippen LogP contribution is -2.49. The monoisotopic (exact) mass is 314 g/mol. The summed E-state index contributed by atoms with van der Waals surface area (Å²) in [6.07, 6.45) is 8.38. The Morgan fingerprint density at radius 2 is 1.74 bits per heavy atom. The van der Waals surface area contributed by atoms with Crippen LogP contribution in [0.4, 0.5) is 5.82 Å². The van der Waals surface area contributed by atoms with Crippen LogP contribution in [0.2, 0.25) is 0 Å². The van der Waals surface area contributed by atoms with E-state index in [2.05, 4.69) is 27.2 Å². The number of amides is 1. The zero-order chi connectivity index (χ0) is 15.6. The van der Waals surface area contributed by atoms with Crippen LogP contribution in [0, 0.1) is 5.92 Å². The van der Waals surface area contributed by atoms with Crippen LogP contribution in [-0.4, -0.2) is 47.2 Å². The maximum absolute atomic E-state index is 12.4. The van der Waals surface area contributed by atoms with Crippen molar-refractivity contribution in [1.29, 1.82) is 0 Å². The van der Waals surface area contributed by atoms with Crippen molar-refractivity contribution in [1.82, 2.24) is 15.1 Å². The van der Waals surface area contributed by atoms with Gasteiger partial charge in [0.15, 0.2) is 5.82 Å². The maximum Gasteiger partial charge on any atom is 0.222 e. The molecule has 1 aromatic rings. The summed E-state index contributed by atoms with van der Waals surface area (Å²) in [4.78, 5) is 16.7. The molecule has 2 saturated carbocycles. The lowest BCUT2D eigenvalue weighted by Gasteiger charge is -2.35. The molecule has 0 aromatic carbocycles. The predicted molar refractivity (Wildman–Crippen MR) is 89.4 cm³/mol. The van der Waals surface area contributed by atoms with Crippen LogP contribution >= 0.6 is 0 Å². The fourth-order valence-corrected chi connectivity index (χ4v) is 3.88. The third-order valence-electron chi connectivity index (χ3n) is 5.56. The van der Waals surface area contributed by atoms with Gasteiger partial charge >= 0.3 is 0 Å². The Hall–Kier alpha value is -1.65. The van der Waals surface area contributed by atoms with Gasteiger partial charge in [-0.3, -0.25) is 4.79 Å². The number of hydrogen-bond acceptors (Lipinski definition) is 4. The number of anilines is 1. The van der Waals surface area contributed by atoms with E-state index in [0.29, 0.717) is 17.7 Å². The molecule has 0 atom stereocenters. The normalized spacial score (nSPS) is 22.6. The summed E-state index contributed by atoms with van der Waals surface area (Å²) in [5.41, 5.74) is 1.14. The van der Waals surface area contributed by atoms with Crippen molar-refractivity contribution in [3.63, 3.8) is 0 Å². The molecule has 3 aliphatic rings. The van der Waals surface area contributed by atoms with Crippen molar-refractivity contribution in [2.75, 3.05) is 31.1 Å². The second kappa shape index (κ2) is 6.46. The van der Waals surface area contributed by atoms with Gasteiger partial charge in [0, 0.05) is 38.5 Å². The molecule has 1 aliphatic heterocycles. The number of hydrogen-bond donors (Lipinski definition) is 0. The molecule has 2 heterocycles. The molecule has 0 spiro atoms. The topological polar surface area (TPSA) is 49.3 Å². The minimum absolute atomic E-state index is 0.353. The van der Waals surface area contributed by atoms with Crippen LogP contribution in [0.25, 0.3) is 0 Å². The van der Waals surface area contributed by atoms with E-state index in [1.165, 1.54) is 38.5 Å². The minimum Gasteiger partial charge on any atom is -0.352 e. The average Bonchev–Trinajstić information content (AvgIpc) is 3.33. The number of carbonyl (C=O) groups is 1. The SMILES string of the molecule is O=C(CC1CCCC1)N1CCN(c2ccc(C3CC3)nn2)CC1. The van der Waals surface area contributed by atoms with Gasteiger partial charge in [0.2, 0.25) is 5.91 Å². The third-order valence-corrected chi connectivity index (χ3v) is 5.56. The fourth-order valence-electron chi connectivity index (χ4n) is 3.88. The highest BCUT2D eigenvalue weighted by molar-refractivity contribution is 5.76. The lowest BCUT2D eigenvalue weighted by molar-refractivity contribution is -0.132. The summed E-state index contributed by atoms with van der Waals surface area (Å²) < 4.78 is 0. The van der Waals surface area contributed by atoms with E-state index in [1.54, 1.807) is 0 Å². The quantitative estimate of drug-likeness (QED) is 0.857. The van der Waals surface area contributed by atoms with Crippen molar-refractivity contribution in [2.24, 2.45) is 5.92 Å². The summed E-state index contributed by atoms with van der Waals surface area (Å²) in [6, 6.07) is 4.22. The van der Waals surface area contributed by atoms with E-state index < -0.39 is 0 Å². The van der Waals surface area contributed by atoms with Crippen LogP contribution in [0.15, 0.2) is 12.1 Å². The fraction of sp³-hybridized carbons (Fsp3) is 0.722. The molecule has 0 unspecified atom stereocenters. The Morgan fingerprint density at radius 1 is 1.00 bits per heavy atom. The number of rotatable bonds is 4. The van der Waals surface area contributed by atoms with Gasteiger partial charge in [0.1, 0.15) is 0 Å².